The minimum absolute atomic E-state index is 0.192. The fraction of sp³-hybridized carbons (Fsp3) is 0.200. The lowest BCUT2D eigenvalue weighted by Gasteiger charge is -2.20. The Labute approximate surface area is 160 Å². The Morgan fingerprint density at radius 2 is 2.15 bits per heavy atom. The van der Waals surface area contributed by atoms with Crippen molar-refractivity contribution >= 4 is 33.5 Å². The van der Waals surface area contributed by atoms with E-state index in [0.29, 0.717) is 37.0 Å². The average molecular weight is 382 g/mol. The largest absolute Gasteiger partial charge is 0.493 e. The van der Waals surface area contributed by atoms with E-state index in [9.17, 15) is 4.79 Å². The van der Waals surface area contributed by atoms with Crippen LogP contribution < -0.4 is 19.5 Å². The normalized spacial score (nSPS) is 13.1. The fourth-order valence-electron chi connectivity index (χ4n) is 2.78. The first-order valence-electron chi connectivity index (χ1n) is 8.51. The number of hydrogen-bond acceptors (Lipinski definition) is 6. The van der Waals surface area contributed by atoms with Crippen molar-refractivity contribution in [2.45, 2.75) is 6.54 Å². The number of carbonyl (C=O) groups excluding carboxylic acids is 1. The monoisotopic (exact) mass is 382 g/mol. The summed E-state index contributed by atoms with van der Waals surface area (Å²) in [6, 6.07) is 11.6. The number of nitrogens with one attached hydrogen (secondary N) is 1. The molecule has 0 spiro atoms. The van der Waals surface area contributed by atoms with Gasteiger partial charge in [0.25, 0.3) is 0 Å². The molecule has 3 aromatic rings. The van der Waals surface area contributed by atoms with Crippen molar-refractivity contribution < 1.29 is 19.0 Å². The molecule has 0 unspecified atom stereocenters. The fourth-order valence-corrected chi connectivity index (χ4v) is 3.69. The summed E-state index contributed by atoms with van der Waals surface area (Å²) >= 11 is 1.58. The number of carbonyl (C=O) groups is 1. The van der Waals surface area contributed by atoms with Crippen molar-refractivity contribution in [2.24, 2.45) is 0 Å². The molecule has 1 N–H and O–H groups in total. The van der Waals surface area contributed by atoms with E-state index < -0.39 is 0 Å². The summed E-state index contributed by atoms with van der Waals surface area (Å²) in [6.45, 7) is 1.38. The van der Waals surface area contributed by atoms with Crippen LogP contribution in [0.4, 0.5) is 0 Å². The number of rotatable bonds is 5. The number of para-hydroxylation sites is 1. The Morgan fingerprint density at radius 1 is 1.30 bits per heavy atom. The van der Waals surface area contributed by atoms with Crippen molar-refractivity contribution in [1.82, 2.24) is 10.3 Å². The Morgan fingerprint density at radius 3 is 3.00 bits per heavy atom. The predicted octanol–water partition coefficient (Wildman–Crippen LogP) is 3.41. The molecule has 0 radical (unpaired) electrons. The zero-order valence-electron chi connectivity index (χ0n) is 14.7. The maximum absolute atomic E-state index is 12.1. The van der Waals surface area contributed by atoms with Gasteiger partial charge in [0.15, 0.2) is 11.5 Å². The number of amides is 1. The van der Waals surface area contributed by atoms with Crippen molar-refractivity contribution in [3.05, 3.63) is 53.0 Å². The quantitative estimate of drug-likeness (QED) is 0.685. The van der Waals surface area contributed by atoms with Crippen LogP contribution in [0.15, 0.2) is 42.5 Å². The summed E-state index contributed by atoms with van der Waals surface area (Å²) in [6.07, 6.45) is 3.20. The van der Waals surface area contributed by atoms with E-state index in [1.54, 1.807) is 24.5 Å². The smallest absolute Gasteiger partial charge is 0.244 e. The summed E-state index contributed by atoms with van der Waals surface area (Å²) in [5.74, 6) is 1.61. The van der Waals surface area contributed by atoms with Crippen LogP contribution in [-0.4, -0.2) is 31.2 Å². The molecular formula is C20H18N2O4S. The van der Waals surface area contributed by atoms with Crippen molar-refractivity contribution in [2.75, 3.05) is 20.3 Å². The Hall–Kier alpha value is -3.06. The third-order valence-electron chi connectivity index (χ3n) is 4.03. The van der Waals surface area contributed by atoms with Crippen LogP contribution in [0.3, 0.4) is 0 Å². The molecule has 2 aromatic carbocycles. The first-order chi connectivity index (χ1) is 13.2. The summed E-state index contributed by atoms with van der Waals surface area (Å²) in [4.78, 5) is 16.6. The van der Waals surface area contributed by atoms with E-state index in [1.165, 1.54) is 6.08 Å². The number of benzene rings is 2. The molecule has 0 saturated carbocycles. The highest BCUT2D eigenvalue weighted by Crippen LogP contribution is 2.40. The minimum Gasteiger partial charge on any atom is -0.493 e. The second-order valence-corrected chi connectivity index (χ2v) is 6.99. The van der Waals surface area contributed by atoms with Crippen molar-refractivity contribution in [1.29, 1.82) is 0 Å². The molecule has 6 nitrogen and oxygen atoms in total. The molecule has 1 amide bonds. The van der Waals surface area contributed by atoms with Crippen LogP contribution in [0.5, 0.6) is 17.2 Å². The second kappa shape index (κ2) is 7.67. The van der Waals surface area contributed by atoms with Gasteiger partial charge < -0.3 is 19.5 Å². The molecule has 1 aliphatic rings. The Balaban J connectivity index is 1.42. The number of aromatic nitrogens is 1. The molecule has 0 aliphatic carbocycles. The third-order valence-corrected chi connectivity index (χ3v) is 5.07. The molecule has 0 atom stereocenters. The lowest BCUT2D eigenvalue weighted by molar-refractivity contribution is -0.116. The minimum atomic E-state index is -0.192. The van der Waals surface area contributed by atoms with Crippen LogP contribution in [0.25, 0.3) is 16.3 Å². The number of thiazole rings is 1. The highest BCUT2D eigenvalue weighted by atomic mass is 32.1. The van der Waals surface area contributed by atoms with E-state index >= 15 is 0 Å². The first-order valence-corrected chi connectivity index (χ1v) is 9.32. The van der Waals surface area contributed by atoms with E-state index in [-0.39, 0.29) is 5.91 Å². The molecule has 2 heterocycles. The van der Waals surface area contributed by atoms with Gasteiger partial charge in [-0.1, -0.05) is 12.1 Å². The third kappa shape index (κ3) is 3.88. The molecule has 138 valence electrons. The standard InChI is InChI=1S/C20H18N2O4S/c1-24-15-10-13(11-16-20(15)26-9-8-25-16)6-7-18(23)21-12-19-22-14-4-2-3-5-17(14)27-19/h2-7,10-11H,8-9,12H2,1H3,(H,21,23)/b7-6+. The molecule has 1 aliphatic heterocycles. The lowest BCUT2D eigenvalue weighted by atomic mass is 10.1. The van der Waals surface area contributed by atoms with Crippen LogP contribution >= 0.6 is 11.3 Å². The average Bonchev–Trinajstić information content (AvgIpc) is 3.13. The van der Waals surface area contributed by atoms with Gasteiger partial charge >= 0.3 is 0 Å². The molecule has 27 heavy (non-hydrogen) atoms. The highest BCUT2D eigenvalue weighted by molar-refractivity contribution is 7.18. The van der Waals surface area contributed by atoms with Crippen molar-refractivity contribution in [3.63, 3.8) is 0 Å². The number of nitrogens with zero attached hydrogens (tertiary/aromatic N) is 1. The SMILES string of the molecule is COc1cc(/C=C/C(=O)NCc2nc3ccccc3s2)cc2c1OCCO2. The number of ether oxygens (including phenoxy) is 3. The van der Waals surface area contributed by atoms with E-state index in [2.05, 4.69) is 10.3 Å². The van der Waals surface area contributed by atoms with Gasteiger partial charge in [-0.2, -0.15) is 0 Å². The number of hydrogen-bond donors (Lipinski definition) is 1. The summed E-state index contributed by atoms with van der Waals surface area (Å²) in [7, 11) is 1.58. The Kier molecular flexibility index (Phi) is 4.93. The van der Waals surface area contributed by atoms with E-state index in [1.807, 2.05) is 36.4 Å². The topological polar surface area (TPSA) is 69.7 Å². The van der Waals surface area contributed by atoms with Gasteiger partial charge in [0.1, 0.15) is 18.2 Å². The molecule has 4 rings (SSSR count). The summed E-state index contributed by atoms with van der Waals surface area (Å²) in [5.41, 5.74) is 1.75. The van der Waals surface area contributed by atoms with E-state index in [4.69, 9.17) is 14.2 Å². The summed E-state index contributed by atoms with van der Waals surface area (Å²) < 4.78 is 17.6. The lowest BCUT2D eigenvalue weighted by Crippen LogP contribution is -2.20. The van der Waals surface area contributed by atoms with Crippen LogP contribution in [0.1, 0.15) is 10.6 Å². The Bertz CT molecular complexity index is 962. The summed E-state index contributed by atoms with van der Waals surface area (Å²) in [5, 5.41) is 3.73. The molecule has 7 heteroatoms. The molecule has 1 aromatic heterocycles. The van der Waals surface area contributed by atoms with Crippen LogP contribution in [0, 0.1) is 0 Å². The predicted molar refractivity (Wildman–Crippen MR) is 104 cm³/mol. The maximum Gasteiger partial charge on any atom is 0.244 e. The van der Waals surface area contributed by atoms with Crippen molar-refractivity contribution in [3.8, 4) is 17.2 Å². The second-order valence-electron chi connectivity index (χ2n) is 5.87. The number of fused-ring (bicyclic) bond motifs is 2. The number of methoxy groups -OCH3 is 1. The molecule has 0 fully saturated rings. The van der Waals surface area contributed by atoms with Crippen LogP contribution in [-0.2, 0) is 11.3 Å². The molecule has 0 bridgehead atoms. The van der Waals surface area contributed by atoms with Gasteiger partial charge in [-0.3, -0.25) is 4.79 Å². The van der Waals surface area contributed by atoms with Gasteiger partial charge in [0.2, 0.25) is 11.7 Å². The zero-order valence-corrected chi connectivity index (χ0v) is 15.5. The van der Waals surface area contributed by atoms with Gasteiger partial charge in [0, 0.05) is 6.08 Å². The molecular weight excluding hydrogens is 364 g/mol. The maximum atomic E-state index is 12.1. The first kappa shape index (κ1) is 17.4. The van der Waals surface area contributed by atoms with Gasteiger partial charge in [-0.05, 0) is 35.9 Å². The van der Waals surface area contributed by atoms with Gasteiger partial charge in [0.05, 0.1) is 23.9 Å². The van der Waals surface area contributed by atoms with E-state index in [0.717, 1.165) is 20.8 Å². The zero-order chi connectivity index (χ0) is 18.6. The van der Waals surface area contributed by atoms with Crippen LogP contribution in [0.2, 0.25) is 0 Å². The van der Waals surface area contributed by atoms with Gasteiger partial charge in [-0.15, -0.1) is 11.3 Å². The molecule has 0 saturated heterocycles. The van der Waals surface area contributed by atoms with Gasteiger partial charge in [-0.25, -0.2) is 4.98 Å². The highest BCUT2D eigenvalue weighted by Gasteiger charge is 2.17.